The molecule has 6 heteroatoms. The number of rotatable bonds is 2. The molecule has 25 heavy (non-hydrogen) atoms. The van der Waals surface area contributed by atoms with Crippen molar-refractivity contribution in [1.29, 1.82) is 0 Å². The van der Waals surface area contributed by atoms with Crippen LogP contribution in [0, 0.1) is 6.92 Å². The highest BCUT2D eigenvalue weighted by Gasteiger charge is 2.32. The van der Waals surface area contributed by atoms with Gasteiger partial charge < -0.3 is 10.6 Å². The third-order valence-corrected chi connectivity index (χ3v) is 4.58. The number of fused-ring (bicyclic) bond motifs is 1. The summed E-state index contributed by atoms with van der Waals surface area (Å²) in [5.74, 6) is 1.09. The van der Waals surface area contributed by atoms with Gasteiger partial charge in [0.05, 0.1) is 17.3 Å². The van der Waals surface area contributed by atoms with Gasteiger partial charge in [-0.05, 0) is 44.0 Å². The number of carbonyl (C=O) groups excluding carboxylic acids is 1. The van der Waals surface area contributed by atoms with Gasteiger partial charge in [-0.2, -0.15) is 0 Å². The van der Waals surface area contributed by atoms with Crippen LogP contribution in [0.15, 0.2) is 42.6 Å². The molecule has 1 aromatic carbocycles. The largest absolute Gasteiger partial charge is 0.384 e. The SMILES string of the molecule is Cc1nc(N)cc([C@@H]2CCCN2C(=O)c2ccc3ncccc3c2)n1. The molecule has 0 aliphatic carbocycles. The molecule has 1 aliphatic rings. The van der Waals surface area contributed by atoms with Gasteiger partial charge >= 0.3 is 0 Å². The number of hydrogen-bond donors (Lipinski definition) is 1. The summed E-state index contributed by atoms with van der Waals surface area (Å²) >= 11 is 0. The zero-order chi connectivity index (χ0) is 17.4. The van der Waals surface area contributed by atoms with Crippen molar-refractivity contribution in [3.8, 4) is 0 Å². The molecule has 0 spiro atoms. The van der Waals surface area contributed by atoms with Crippen molar-refractivity contribution in [3.63, 3.8) is 0 Å². The first kappa shape index (κ1) is 15.5. The van der Waals surface area contributed by atoms with Gasteiger partial charge in [-0.3, -0.25) is 9.78 Å². The molecule has 126 valence electrons. The Kier molecular flexibility index (Phi) is 3.80. The summed E-state index contributed by atoms with van der Waals surface area (Å²) in [5, 5.41) is 0.964. The maximum atomic E-state index is 13.1. The van der Waals surface area contributed by atoms with E-state index < -0.39 is 0 Å². The highest BCUT2D eigenvalue weighted by atomic mass is 16.2. The molecule has 1 aliphatic heterocycles. The molecule has 2 N–H and O–H groups in total. The minimum atomic E-state index is -0.0545. The molecule has 1 fully saturated rings. The summed E-state index contributed by atoms with van der Waals surface area (Å²) in [4.78, 5) is 27.9. The van der Waals surface area contributed by atoms with Crippen LogP contribution in [0.2, 0.25) is 0 Å². The first-order chi connectivity index (χ1) is 12.1. The number of hydrogen-bond acceptors (Lipinski definition) is 5. The summed E-state index contributed by atoms with van der Waals surface area (Å²) < 4.78 is 0. The van der Waals surface area contributed by atoms with Crippen LogP contribution in [-0.2, 0) is 0 Å². The quantitative estimate of drug-likeness (QED) is 0.779. The Morgan fingerprint density at radius 3 is 2.96 bits per heavy atom. The molecule has 1 atom stereocenters. The van der Waals surface area contributed by atoms with E-state index >= 15 is 0 Å². The van der Waals surface area contributed by atoms with Gasteiger partial charge in [0.1, 0.15) is 11.6 Å². The zero-order valence-corrected chi connectivity index (χ0v) is 14.0. The number of benzene rings is 1. The topological polar surface area (TPSA) is 85.0 Å². The Morgan fingerprint density at radius 2 is 2.12 bits per heavy atom. The van der Waals surface area contributed by atoms with E-state index in [1.165, 1.54) is 0 Å². The molecule has 1 saturated heterocycles. The number of likely N-dealkylation sites (tertiary alicyclic amines) is 1. The van der Waals surface area contributed by atoms with E-state index in [2.05, 4.69) is 15.0 Å². The lowest BCUT2D eigenvalue weighted by molar-refractivity contribution is 0.0733. The summed E-state index contributed by atoms with van der Waals surface area (Å²) in [6.45, 7) is 2.54. The number of amides is 1. The van der Waals surface area contributed by atoms with Crippen LogP contribution in [0.1, 0.15) is 40.8 Å². The summed E-state index contributed by atoms with van der Waals surface area (Å²) in [5.41, 5.74) is 8.24. The van der Waals surface area contributed by atoms with Gasteiger partial charge in [0, 0.05) is 29.8 Å². The molecular formula is C19H19N5O. The monoisotopic (exact) mass is 333 g/mol. The highest BCUT2D eigenvalue weighted by molar-refractivity contribution is 5.98. The first-order valence-electron chi connectivity index (χ1n) is 8.38. The maximum Gasteiger partial charge on any atom is 0.254 e. The van der Waals surface area contributed by atoms with Gasteiger partial charge in [0.15, 0.2) is 0 Å². The van der Waals surface area contributed by atoms with E-state index in [0.29, 0.717) is 17.2 Å². The van der Waals surface area contributed by atoms with Crippen LogP contribution in [0.3, 0.4) is 0 Å². The van der Waals surface area contributed by atoms with Crippen molar-refractivity contribution in [2.75, 3.05) is 12.3 Å². The van der Waals surface area contributed by atoms with Crippen LogP contribution in [0.4, 0.5) is 5.82 Å². The molecule has 4 rings (SSSR count). The number of anilines is 1. The smallest absolute Gasteiger partial charge is 0.254 e. The Bertz CT molecular complexity index is 935. The molecule has 0 saturated carbocycles. The second-order valence-electron chi connectivity index (χ2n) is 6.33. The van der Waals surface area contributed by atoms with Crippen molar-refractivity contribution in [3.05, 3.63) is 59.7 Å². The van der Waals surface area contributed by atoms with Crippen LogP contribution < -0.4 is 5.73 Å². The van der Waals surface area contributed by atoms with Gasteiger partial charge in [0.2, 0.25) is 0 Å². The maximum absolute atomic E-state index is 13.1. The molecule has 6 nitrogen and oxygen atoms in total. The fraction of sp³-hybridized carbons (Fsp3) is 0.263. The zero-order valence-electron chi connectivity index (χ0n) is 14.0. The molecule has 0 unspecified atom stereocenters. The number of nitrogens with two attached hydrogens (primary N) is 1. The first-order valence-corrected chi connectivity index (χ1v) is 8.38. The fourth-order valence-corrected chi connectivity index (χ4v) is 3.48. The van der Waals surface area contributed by atoms with Gasteiger partial charge in [0.25, 0.3) is 5.91 Å². The summed E-state index contributed by atoms with van der Waals surface area (Å²) in [6, 6.07) is 11.2. The molecular weight excluding hydrogens is 314 g/mol. The number of aromatic nitrogens is 3. The van der Waals surface area contributed by atoms with Crippen molar-refractivity contribution >= 4 is 22.6 Å². The van der Waals surface area contributed by atoms with Crippen molar-refractivity contribution in [1.82, 2.24) is 19.9 Å². The Hall–Kier alpha value is -3.02. The lowest BCUT2D eigenvalue weighted by Gasteiger charge is -2.25. The van der Waals surface area contributed by atoms with Crippen LogP contribution in [0.25, 0.3) is 10.9 Å². The average Bonchev–Trinajstić information content (AvgIpc) is 3.09. The second-order valence-corrected chi connectivity index (χ2v) is 6.33. The number of nitrogens with zero attached hydrogens (tertiary/aromatic N) is 4. The Labute approximate surface area is 145 Å². The Morgan fingerprint density at radius 1 is 1.24 bits per heavy atom. The van der Waals surface area contributed by atoms with Crippen LogP contribution >= 0.6 is 0 Å². The normalized spacial score (nSPS) is 17.2. The van der Waals surface area contributed by atoms with Crippen LogP contribution in [0.5, 0.6) is 0 Å². The second kappa shape index (κ2) is 6.12. The Balaban J connectivity index is 1.67. The van der Waals surface area contributed by atoms with E-state index in [1.807, 2.05) is 42.2 Å². The van der Waals surface area contributed by atoms with E-state index in [-0.39, 0.29) is 11.9 Å². The predicted molar refractivity (Wildman–Crippen MR) is 95.9 cm³/mol. The molecule has 0 radical (unpaired) electrons. The van der Waals surface area contributed by atoms with E-state index in [1.54, 1.807) is 12.3 Å². The van der Waals surface area contributed by atoms with E-state index in [4.69, 9.17) is 5.73 Å². The van der Waals surface area contributed by atoms with Crippen molar-refractivity contribution in [2.24, 2.45) is 0 Å². The number of carbonyl (C=O) groups is 1. The van der Waals surface area contributed by atoms with Crippen molar-refractivity contribution < 1.29 is 4.79 Å². The number of aryl methyl sites for hydroxylation is 1. The lowest BCUT2D eigenvalue weighted by Crippen LogP contribution is -2.31. The minimum Gasteiger partial charge on any atom is -0.384 e. The number of pyridine rings is 1. The third kappa shape index (κ3) is 2.91. The molecule has 1 amide bonds. The number of nitrogen functional groups attached to an aromatic ring is 1. The minimum absolute atomic E-state index is 0.0167. The van der Waals surface area contributed by atoms with Gasteiger partial charge in [-0.25, -0.2) is 9.97 Å². The van der Waals surface area contributed by atoms with Gasteiger partial charge in [-0.15, -0.1) is 0 Å². The molecule has 3 aromatic rings. The summed E-state index contributed by atoms with van der Waals surface area (Å²) in [6.07, 6.45) is 3.59. The highest BCUT2D eigenvalue weighted by Crippen LogP contribution is 2.33. The average molecular weight is 333 g/mol. The fourth-order valence-electron chi connectivity index (χ4n) is 3.48. The van der Waals surface area contributed by atoms with Crippen LogP contribution in [-0.4, -0.2) is 32.3 Å². The third-order valence-electron chi connectivity index (χ3n) is 4.58. The van der Waals surface area contributed by atoms with Gasteiger partial charge in [-0.1, -0.05) is 6.07 Å². The van der Waals surface area contributed by atoms with E-state index in [0.717, 1.165) is 36.0 Å². The molecule has 0 bridgehead atoms. The molecule has 2 aromatic heterocycles. The standard InChI is InChI=1S/C19H19N5O/c1-12-22-16(11-18(20)23-12)17-5-3-9-24(17)19(25)14-6-7-15-13(10-14)4-2-8-21-15/h2,4,6-8,10-11,17H,3,5,9H2,1H3,(H2,20,22,23)/t17-/m0/s1. The van der Waals surface area contributed by atoms with E-state index in [9.17, 15) is 4.79 Å². The molecule has 3 heterocycles. The summed E-state index contributed by atoms with van der Waals surface area (Å²) in [7, 11) is 0. The predicted octanol–water partition coefficient (Wildman–Crippen LogP) is 2.89. The lowest BCUT2D eigenvalue weighted by atomic mass is 10.1. The van der Waals surface area contributed by atoms with Crippen molar-refractivity contribution in [2.45, 2.75) is 25.8 Å².